The Kier molecular flexibility index (Phi) is 3.49. The van der Waals surface area contributed by atoms with Crippen molar-refractivity contribution < 1.29 is 0 Å². The Morgan fingerprint density at radius 3 is 1.62 bits per heavy atom. The van der Waals surface area contributed by atoms with Gasteiger partial charge in [0.15, 0.2) is 3.79 Å². The van der Waals surface area contributed by atoms with Gasteiger partial charge in [-0.3, -0.25) is 0 Å². The molecule has 0 amide bonds. The van der Waals surface area contributed by atoms with Crippen LogP contribution in [0.15, 0.2) is 0 Å². The van der Waals surface area contributed by atoms with Crippen molar-refractivity contribution in [2.45, 2.75) is 17.6 Å². The van der Waals surface area contributed by atoms with Gasteiger partial charge in [-0.05, 0) is 5.92 Å². The first-order chi connectivity index (χ1) is 3.42. The van der Waals surface area contributed by atoms with E-state index in [1.807, 2.05) is 13.8 Å². The second-order valence-corrected chi connectivity index (χ2v) is 4.32. The summed E-state index contributed by atoms with van der Waals surface area (Å²) in [4.78, 5) is 0. The van der Waals surface area contributed by atoms with E-state index in [1.165, 1.54) is 0 Å². The van der Waals surface area contributed by atoms with Gasteiger partial charge in [0.2, 0.25) is 0 Å². The highest BCUT2D eigenvalue weighted by molar-refractivity contribution is 6.68. The van der Waals surface area contributed by atoms with E-state index >= 15 is 0 Å². The third-order valence-electron chi connectivity index (χ3n) is 0.522. The Morgan fingerprint density at radius 1 is 1.25 bits per heavy atom. The molecule has 0 aliphatic heterocycles. The summed E-state index contributed by atoms with van der Waals surface area (Å²) in [7, 11) is 0. The Morgan fingerprint density at radius 2 is 1.62 bits per heavy atom. The Labute approximate surface area is 65.1 Å². The maximum absolute atomic E-state index is 5.40. The van der Waals surface area contributed by atoms with Crippen LogP contribution in [0.3, 0.4) is 0 Å². The van der Waals surface area contributed by atoms with Crippen LogP contribution in [0.1, 0.15) is 13.8 Å². The summed E-state index contributed by atoms with van der Waals surface area (Å²) in [5.41, 5.74) is 0. The maximum Gasteiger partial charge on any atom is 0.194 e. The summed E-state index contributed by atoms with van der Waals surface area (Å²) in [6.07, 6.45) is 1.65. The normalized spacial score (nSPS) is 12.8. The summed E-state index contributed by atoms with van der Waals surface area (Å²) in [6.45, 7) is 3.92. The highest BCUT2D eigenvalue weighted by atomic mass is 35.6. The minimum absolute atomic E-state index is 0.322. The molecule has 0 saturated heterocycles. The molecule has 0 spiro atoms. The lowest BCUT2D eigenvalue weighted by Gasteiger charge is -2.11. The molecular weight excluding hydrogens is 166 g/mol. The van der Waals surface area contributed by atoms with Gasteiger partial charge in [0, 0.05) is 6.42 Å². The van der Waals surface area contributed by atoms with Crippen molar-refractivity contribution in [1.82, 2.24) is 0 Å². The Hall–Kier alpha value is 0.870. The molecule has 0 rings (SSSR count). The first-order valence-corrected chi connectivity index (χ1v) is 3.48. The Balaban J connectivity index is 3.39. The summed E-state index contributed by atoms with van der Waals surface area (Å²) < 4.78 is -1.19. The van der Waals surface area contributed by atoms with E-state index in [2.05, 4.69) is 0 Å². The van der Waals surface area contributed by atoms with Crippen LogP contribution in [-0.4, -0.2) is 3.79 Å². The molecule has 3 heteroatoms. The minimum Gasteiger partial charge on any atom is -0.0833 e. The minimum atomic E-state index is -1.19. The van der Waals surface area contributed by atoms with Crippen LogP contribution in [0.5, 0.6) is 0 Å². The standard InChI is InChI=1S/C5H8Cl3/c1-4(2)3-5(6,7)8/h3-4H,1-2H3. The lowest BCUT2D eigenvalue weighted by Crippen LogP contribution is -2.07. The summed E-state index contributed by atoms with van der Waals surface area (Å²) in [5.74, 6) is 0.322. The van der Waals surface area contributed by atoms with Crippen molar-refractivity contribution in [1.29, 1.82) is 0 Å². The van der Waals surface area contributed by atoms with Gasteiger partial charge in [0.1, 0.15) is 0 Å². The fraction of sp³-hybridized carbons (Fsp3) is 0.800. The molecule has 8 heavy (non-hydrogen) atoms. The molecule has 0 aliphatic carbocycles. The van der Waals surface area contributed by atoms with Crippen molar-refractivity contribution in [3.8, 4) is 0 Å². The summed E-state index contributed by atoms with van der Waals surface area (Å²) in [5, 5.41) is 0. The van der Waals surface area contributed by atoms with Gasteiger partial charge in [-0.2, -0.15) is 0 Å². The average molecular weight is 174 g/mol. The van der Waals surface area contributed by atoms with Gasteiger partial charge in [0.25, 0.3) is 0 Å². The quantitative estimate of drug-likeness (QED) is 0.536. The molecule has 0 unspecified atom stereocenters. The van der Waals surface area contributed by atoms with Crippen LogP contribution in [0.4, 0.5) is 0 Å². The average Bonchev–Trinajstić information content (AvgIpc) is 1.21. The smallest absolute Gasteiger partial charge is 0.0833 e. The fourth-order valence-electron chi connectivity index (χ4n) is 0.378. The monoisotopic (exact) mass is 173 g/mol. The van der Waals surface area contributed by atoms with Gasteiger partial charge < -0.3 is 0 Å². The molecular formula is C5H8Cl3. The second-order valence-electron chi connectivity index (χ2n) is 1.95. The van der Waals surface area contributed by atoms with E-state index in [0.717, 1.165) is 0 Å². The van der Waals surface area contributed by atoms with Gasteiger partial charge in [0.05, 0.1) is 0 Å². The van der Waals surface area contributed by atoms with Crippen molar-refractivity contribution in [3.05, 3.63) is 6.42 Å². The van der Waals surface area contributed by atoms with Crippen LogP contribution in [0.2, 0.25) is 0 Å². The first kappa shape index (κ1) is 8.87. The fourth-order valence-corrected chi connectivity index (χ4v) is 1.13. The number of rotatable bonds is 1. The third kappa shape index (κ3) is 6.87. The molecule has 0 saturated carbocycles. The highest BCUT2D eigenvalue weighted by Crippen LogP contribution is 2.31. The SMILES string of the molecule is CC(C)[CH]C(Cl)(Cl)Cl. The molecule has 0 fully saturated rings. The molecule has 49 valence electrons. The second kappa shape index (κ2) is 3.14. The number of halogens is 3. The molecule has 0 aromatic heterocycles. The predicted molar refractivity (Wildman–Crippen MR) is 39.4 cm³/mol. The topological polar surface area (TPSA) is 0 Å². The van der Waals surface area contributed by atoms with E-state index in [-0.39, 0.29) is 0 Å². The molecule has 0 aliphatic rings. The summed E-state index contributed by atoms with van der Waals surface area (Å²) >= 11 is 16.2. The zero-order valence-electron chi connectivity index (χ0n) is 4.79. The number of hydrogen-bond acceptors (Lipinski definition) is 0. The zero-order chi connectivity index (χ0) is 6.78. The predicted octanol–water partition coefficient (Wildman–Crippen LogP) is 3.22. The molecule has 0 bridgehead atoms. The van der Waals surface area contributed by atoms with E-state index < -0.39 is 3.79 Å². The van der Waals surface area contributed by atoms with Crippen molar-refractivity contribution in [2.75, 3.05) is 0 Å². The lowest BCUT2D eigenvalue weighted by atomic mass is 10.2. The molecule has 0 aromatic rings. The van der Waals surface area contributed by atoms with Gasteiger partial charge in [-0.25, -0.2) is 0 Å². The van der Waals surface area contributed by atoms with Gasteiger partial charge in [-0.15, -0.1) is 0 Å². The van der Waals surface area contributed by atoms with Crippen molar-refractivity contribution in [2.24, 2.45) is 5.92 Å². The number of alkyl halides is 3. The van der Waals surface area contributed by atoms with E-state index in [1.54, 1.807) is 6.42 Å². The van der Waals surface area contributed by atoms with E-state index in [9.17, 15) is 0 Å². The van der Waals surface area contributed by atoms with Crippen LogP contribution in [0, 0.1) is 12.3 Å². The van der Waals surface area contributed by atoms with Gasteiger partial charge >= 0.3 is 0 Å². The lowest BCUT2D eigenvalue weighted by molar-refractivity contribution is 0.741. The van der Waals surface area contributed by atoms with Gasteiger partial charge in [-0.1, -0.05) is 48.7 Å². The number of hydrogen-bond donors (Lipinski definition) is 0. The van der Waals surface area contributed by atoms with Crippen molar-refractivity contribution >= 4 is 34.8 Å². The third-order valence-corrected chi connectivity index (χ3v) is 0.900. The largest absolute Gasteiger partial charge is 0.194 e. The molecule has 1 radical (unpaired) electrons. The highest BCUT2D eigenvalue weighted by Gasteiger charge is 2.20. The van der Waals surface area contributed by atoms with Crippen LogP contribution in [0.25, 0.3) is 0 Å². The van der Waals surface area contributed by atoms with E-state index in [4.69, 9.17) is 34.8 Å². The van der Waals surface area contributed by atoms with Crippen LogP contribution in [-0.2, 0) is 0 Å². The Bertz CT molecular complexity index is 62.6. The first-order valence-electron chi connectivity index (χ1n) is 2.34. The van der Waals surface area contributed by atoms with Crippen LogP contribution >= 0.6 is 34.8 Å². The summed E-state index contributed by atoms with van der Waals surface area (Å²) in [6, 6.07) is 0. The van der Waals surface area contributed by atoms with Crippen LogP contribution < -0.4 is 0 Å². The zero-order valence-corrected chi connectivity index (χ0v) is 7.06. The molecule has 0 heterocycles. The maximum atomic E-state index is 5.40. The molecule has 0 N–H and O–H groups in total. The molecule has 0 atom stereocenters. The van der Waals surface area contributed by atoms with Crippen molar-refractivity contribution in [3.63, 3.8) is 0 Å². The van der Waals surface area contributed by atoms with E-state index in [0.29, 0.717) is 5.92 Å². The molecule has 0 aromatic carbocycles. The molecule has 0 nitrogen and oxygen atoms in total.